The highest BCUT2D eigenvalue weighted by Crippen LogP contribution is 2.49. The molecule has 0 aliphatic carbocycles. The Morgan fingerprint density at radius 3 is 2.47 bits per heavy atom. The number of hydrogen-bond donors (Lipinski definition) is 0. The van der Waals surface area contributed by atoms with Crippen molar-refractivity contribution in [3.05, 3.63) is 21.7 Å². The van der Waals surface area contributed by atoms with E-state index in [-0.39, 0.29) is 12.2 Å². The third kappa shape index (κ3) is 2.00. The van der Waals surface area contributed by atoms with Gasteiger partial charge in [0.25, 0.3) is 0 Å². The normalized spacial score (nSPS) is 23.5. The molecule has 102 valence electrons. The maximum Gasteiger partial charge on any atom is 0.142 e. The average Bonchev–Trinajstić information content (AvgIpc) is 2.93. The van der Waals surface area contributed by atoms with Crippen molar-refractivity contribution in [1.82, 2.24) is 0 Å². The van der Waals surface area contributed by atoms with Crippen molar-refractivity contribution >= 4 is 17.9 Å². The fourth-order valence-corrected chi connectivity index (χ4v) is 3.34. The molecular weight excluding hydrogens is 264 g/mol. The molecule has 3 nitrogen and oxygen atoms in total. The highest BCUT2D eigenvalue weighted by Gasteiger charge is 2.34. The van der Waals surface area contributed by atoms with Gasteiger partial charge in [-0.15, -0.1) is 0 Å². The van der Waals surface area contributed by atoms with Crippen LogP contribution in [0, 0.1) is 0 Å². The van der Waals surface area contributed by atoms with Crippen molar-refractivity contribution in [2.24, 2.45) is 0 Å². The summed E-state index contributed by atoms with van der Waals surface area (Å²) in [6.07, 6.45) is 4.10. The van der Waals surface area contributed by atoms with Crippen molar-refractivity contribution in [3.8, 4) is 11.5 Å². The molecule has 0 amide bonds. The van der Waals surface area contributed by atoms with Crippen LogP contribution < -0.4 is 9.47 Å². The fraction of sp³-hybridized carbons (Fsp3) is 0.533. The van der Waals surface area contributed by atoms with Crippen LogP contribution in [0.2, 0.25) is 5.02 Å². The summed E-state index contributed by atoms with van der Waals surface area (Å²) < 4.78 is 11.8. The molecule has 1 aromatic carbocycles. The lowest BCUT2D eigenvalue weighted by atomic mass is 9.95. The lowest BCUT2D eigenvalue weighted by Gasteiger charge is -2.14. The smallest absolute Gasteiger partial charge is 0.142 e. The predicted octanol–water partition coefficient (Wildman–Crippen LogP) is 3.12. The van der Waals surface area contributed by atoms with Crippen molar-refractivity contribution in [3.63, 3.8) is 0 Å². The third-order valence-corrected chi connectivity index (χ3v) is 4.18. The number of carbonyl (C=O) groups excluding carboxylic acids is 1. The van der Waals surface area contributed by atoms with Crippen LogP contribution in [0.15, 0.2) is 0 Å². The van der Waals surface area contributed by atoms with Crippen LogP contribution in [0.1, 0.15) is 37.0 Å². The summed E-state index contributed by atoms with van der Waals surface area (Å²) in [7, 11) is 0. The maximum atomic E-state index is 10.7. The molecule has 4 heteroatoms. The fourth-order valence-electron chi connectivity index (χ4n) is 3.02. The summed E-state index contributed by atoms with van der Waals surface area (Å²) in [4.78, 5) is 10.7. The summed E-state index contributed by atoms with van der Waals surface area (Å²) in [6, 6.07) is 0. The van der Waals surface area contributed by atoms with Crippen molar-refractivity contribution in [1.29, 1.82) is 0 Å². The standard InChI is InChI=1S/C15H17ClO3/c1-8-6-11-10(4-3-5-17)14-12(7-9(2)18-14)13(16)15(11)19-8/h5,8-9H,3-4,6-7H2,1-2H3. The Balaban J connectivity index is 2.14. The number of aldehydes is 1. The van der Waals surface area contributed by atoms with E-state index in [1.807, 2.05) is 13.8 Å². The second kappa shape index (κ2) is 4.71. The van der Waals surface area contributed by atoms with Crippen LogP contribution in [0.3, 0.4) is 0 Å². The zero-order valence-corrected chi connectivity index (χ0v) is 11.9. The molecular formula is C15H17ClO3. The first-order valence-corrected chi connectivity index (χ1v) is 7.12. The zero-order valence-electron chi connectivity index (χ0n) is 11.2. The number of carbonyl (C=O) groups is 1. The highest BCUT2D eigenvalue weighted by atomic mass is 35.5. The minimum absolute atomic E-state index is 0.141. The van der Waals surface area contributed by atoms with Crippen molar-refractivity contribution in [2.75, 3.05) is 0 Å². The van der Waals surface area contributed by atoms with Crippen LogP contribution >= 0.6 is 11.6 Å². The average molecular weight is 281 g/mol. The molecule has 0 aromatic heterocycles. The van der Waals surface area contributed by atoms with Gasteiger partial charge in [0, 0.05) is 36.0 Å². The second-order valence-electron chi connectivity index (χ2n) is 5.38. The molecule has 19 heavy (non-hydrogen) atoms. The van der Waals surface area contributed by atoms with E-state index in [4.69, 9.17) is 21.1 Å². The summed E-state index contributed by atoms with van der Waals surface area (Å²) >= 11 is 6.46. The van der Waals surface area contributed by atoms with E-state index in [1.54, 1.807) is 0 Å². The number of rotatable bonds is 3. The van der Waals surface area contributed by atoms with E-state index in [0.29, 0.717) is 17.9 Å². The summed E-state index contributed by atoms with van der Waals surface area (Å²) in [5.74, 6) is 1.71. The van der Waals surface area contributed by atoms with E-state index in [2.05, 4.69) is 0 Å². The van der Waals surface area contributed by atoms with Crippen molar-refractivity contribution in [2.45, 2.75) is 51.7 Å². The quantitative estimate of drug-likeness (QED) is 0.798. The highest BCUT2D eigenvalue weighted by molar-refractivity contribution is 6.33. The molecule has 2 aliphatic heterocycles. The SMILES string of the molecule is CC1Cc2c(CCC=O)c3c(c(Cl)c2O1)CC(C)O3. The molecule has 3 rings (SSSR count). The second-order valence-corrected chi connectivity index (χ2v) is 5.76. The molecule has 2 aliphatic rings. The molecule has 0 radical (unpaired) electrons. The van der Waals surface area contributed by atoms with E-state index in [9.17, 15) is 4.79 Å². The maximum absolute atomic E-state index is 10.7. The van der Waals surface area contributed by atoms with Gasteiger partial charge < -0.3 is 14.3 Å². The largest absolute Gasteiger partial charge is 0.490 e. The van der Waals surface area contributed by atoms with Gasteiger partial charge in [0.15, 0.2) is 0 Å². The Bertz CT molecular complexity index is 500. The summed E-state index contributed by atoms with van der Waals surface area (Å²) in [5, 5.41) is 0.702. The first-order chi connectivity index (χ1) is 9.11. The first-order valence-electron chi connectivity index (χ1n) is 6.74. The van der Waals surface area contributed by atoms with E-state index in [1.165, 1.54) is 0 Å². The lowest BCUT2D eigenvalue weighted by molar-refractivity contribution is -0.107. The van der Waals surface area contributed by atoms with Crippen molar-refractivity contribution < 1.29 is 14.3 Å². The lowest BCUT2D eigenvalue weighted by Crippen LogP contribution is -2.08. The van der Waals surface area contributed by atoms with E-state index in [0.717, 1.165) is 47.3 Å². The zero-order chi connectivity index (χ0) is 13.6. The van der Waals surface area contributed by atoms with Gasteiger partial charge in [0.1, 0.15) is 30.0 Å². The van der Waals surface area contributed by atoms with E-state index < -0.39 is 0 Å². The molecule has 0 N–H and O–H groups in total. The molecule has 2 heterocycles. The molecule has 0 saturated carbocycles. The summed E-state index contributed by atoms with van der Waals surface area (Å²) in [5.41, 5.74) is 3.30. The summed E-state index contributed by atoms with van der Waals surface area (Å²) in [6.45, 7) is 4.07. The van der Waals surface area contributed by atoms with Crippen LogP contribution in [0.25, 0.3) is 0 Å². The van der Waals surface area contributed by atoms with E-state index >= 15 is 0 Å². The monoisotopic (exact) mass is 280 g/mol. The molecule has 0 fully saturated rings. The minimum Gasteiger partial charge on any atom is -0.490 e. The first kappa shape index (κ1) is 12.8. The Hall–Kier alpha value is -1.22. The minimum atomic E-state index is 0.141. The number of halogens is 1. The number of hydrogen-bond acceptors (Lipinski definition) is 3. The topological polar surface area (TPSA) is 35.5 Å². The van der Waals surface area contributed by atoms with Gasteiger partial charge in [-0.1, -0.05) is 11.6 Å². The number of fused-ring (bicyclic) bond motifs is 2. The van der Waals surface area contributed by atoms with Crippen LogP contribution in [-0.2, 0) is 24.1 Å². The van der Waals surface area contributed by atoms with Gasteiger partial charge in [0.05, 0.1) is 5.02 Å². The van der Waals surface area contributed by atoms with Crippen LogP contribution in [0.5, 0.6) is 11.5 Å². The predicted molar refractivity (Wildman–Crippen MR) is 73.4 cm³/mol. The molecule has 2 unspecified atom stereocenters. The van der Waals surface area contributed by atoms with Gasteiger partial charge in [-0.2, -0.15) is 0 Å². The van der Waals surface area contributed by atoms with Crippen LogP contribution in [0.4, 0.5) is 0 Å². The molecule has 1 aromatic rings. The number of ether oxygens (including phenoxy) is 2. The molecule has 0 spiro atoms. The van der Waals surface area contributed by atoms with Crippen LogP contribution in [-0.4, -0.2) is 18.5 Å². The Morgan fingerprint density at radius 2 is 1.79 bits per heavy atom. The molecule has 0 saturated heterocycles. The Kier molecular flexibility index (Phi) is 3.17. The number of benzene rings is 1. The van der Waals surface area contributed by atoms with Gasteiger partial charge in [-0.05, 0) is 20.3 Å². The molecule has 2 atom stereocenters. The Morgan fingerprint density at radius 1 is 1.16 bits per heavy atom. The molecule has 0 bridgehead atoms. The Labute approximate surface area is 117 Å². The third-order valence-electron chi connectivity index (χ3n) is 3.78. The van der Waals surface area contributed by atoms with Gasteiger partial charge in [-0.25, -0.2) is 0 Å². The van der Waals surface area contributed by atoms with Gasteiger partial charge >= 0.3 is 0 Å². The van der Waals surface area contributed by atoms with Gasteiger partial charge in [0.2, 0.25) is 0 Å². The van der Waals surface area contributed by atoms with Gasteiger partial charge in [-0.3, -0.25) is 0 Å².